The van der Waals surface area contributed by atoms with Gasteiger partial charge in [0.05, 0.1) is 6.10 Å². The molecule has 0 amide bonds. The summed E-state index contributed by atoms with van der Waals surface area (Å²) in [7, 11) is 0. The number of hydrogen-bond acceptors (Lipinski definition) is 3. The summed E-state index contributed by atoms with van der Waals surface area (Å²) < 4.78 is 5.67. The van der Waals surface area contributed by atoms with Gasteiger partial charge in [-0.25, -0.2) is 0 Å². The average molecular weight is 266 g/mol. The lowest BCUT2D eigenvalue weighted by Crippen LogP contribution is -2.46. The number of hydrogen-bond donors (Lipinski definition) is 1. The summed E-state index contributed by atoms with van der Waals surface area (Å²) in [6, 6.07) is 1.59. The zero-order valence-electron chi connectivity index (χ0n) is 12.4. The smallest absolute Gasteiger partial charge is 0.0700 e. The molecule has 19 heavy (non-hydrogen) atoms. The minimum absolute atomic E-state index is 0.480. The van der Waals surface area contributed by atoms with Crippen LogP contribution >= 0.6 is 0 Å². The van der Waals surface area contributed by atoms with E-state index in [9.17, 15) is 0 Å². The van der Waals surface area contributed by atoms with E-state index in [0.29, 0.717) is 12.1 Å². The van der Waals surface area contributed by atoms with E-state index < -0.39 is 0 Å². The van der Waals surface area contributed by atoms with Crippen molar-refractivity contribution < 1.29 is 4.74 Å². The molecule has 3 aliphatic rings. The topological polar surface area (TPSA) is 24.5 Å². The molecule has 4 unspecified atom stereocenters. The maximum Gasteiger partial charge on any atom is 0.0700 e. The van der Waals surface area contributed by atoms with Gasteiger partial charge in [-0.3, -0.25) is 4.90 Å². The van der Waals surface area contributed by atoms with E-state index in [0.717, 1.165) is 31.7 Å². The summed E-state index contributed by atoms with van der Waals surface area (Å²) in [6.07, 6.45) is 10.3. The maximum absolute atomic E-state index is 5.67. The van der Waals surface area contributed by atoms with Crippen LogP contribution < -0.4 is 5.32 Å². The summed E-state index contributed by atoms with van der Waals surface area (Å²) in [6.45, 7) is 6.88. The minimum atomic E-state index is 0.480. The minimum Gasteiger partial charge on any atom is -0.377 e. The molecule has 0 bridgehead atoms. The van der Waals surface area contributed by atoms with E-state index in [1.807, 2.05) is 0 Å². The Bertz CT molecular complexity index is 278. The van der Waals surface area contributed by atoms with Crippen molar-refractivity contribution in [1.29, 1.82) is 0 Å². The Hall–Kier alpha value is -0.120. The Kier molecular flexibility index (Phi) is 4.78. The second kappa shape index (κ2) is 6.55. The third-order valence-electron chi connectivity index (χ3n) is 5.45. The van der Waals surface area contributed by atoms with Crippen molar-refractivity contribution in [2.75, 3.05) is 26.2 Å². The fraction of sp³-hybridized carbons (Fsp3) is 1.00. The largest absolute Gasteiger partial charge is 0.377 e. The highest BCUT2D eigenvalue weighted by Crippen LogP contribution is 2.36. The normalized spacial score (nSPS) is 37.4. The lowest BCUT2D eigenvalue weighted by atomic mass is 9.85. The molecule has 3 heteroatoms. The van der Waals surface area contributed by atoms with E-state index in [4.69, 9.17) is 4.74 Å². The van der Waals surface area contributed by atoms with Gasteiger partial charge in [0.1, 0.15) is 0 Å². The van der Waals surface area contributed by atoms with Crippen LogP contribution in [0.25, 0.3) is 0 Å². The number of fused-ring (bicyclic) bond motifs is 1. The molecule has 4 atom stereocenters. The standard InChI is InChI=1S/C16H30N2O/c1-13(11-17-12-15-6-4-10-19-15)18-9-8-14-5-2-3-7-16(14)18/h13-17H,2-12H2,1H3. The molecule has 2 heterocycles. The van der Waals surface area contributed by atoms with Crippen LogP contribution in [0.4, 0.5) is 0 Å². The van der Waals surface area contributed by atoms with E-state index >= 15 is 0 Å². The second-order valence-corrected chi connectivity index (χ2v) is 6.78. The SMILES string of the molecule is CC(CNCC1CCCO1)N1CCC2CCCCC21. The Morgan fingerprint density at radius 1 is 1.16 bits per heavy atom. The van der Waals surface area contributed by atoms with Gasteiger partial charge < -0.3 is 10.1 Å². The van der Waals surface area contributed by atoms with Gasteiger partial charge in [-0.15, -0.1) is 0 Å². The first-order chi connectivity index (χ1) is 9.34. The molecule has 0 radical (unpaired) electrons. The summed E-state index contributed by atoms with van der Waals surface area (Å²) in [5.41, 5.74) is 0. The second-order valence-electron chi connectivity index (χ2n) is 6.78. The van der Waals surface area contributed by atoms with Gasteiger partial charge in [-0.05, 0) is 51.5 Å². The monoisotopic (exact) mass is 266 g/mol. The number of ether oxygens (including phenoxy) is 1. The molecule has 2 saturated heterocycles. The Labute approximate surface area is 118 Å². The summed E-state index contributed by atoms with van der Waals surface area (Å²) in [5, 5.41) is 3.63. The van der Waals surface area contributed by atoms with Crippen LogP contribution in [0.3, 0.4) is 0 Å². The molecule has 1 N–H and O–H groups in total. The molecule has 1 saturated carbocycles. The van der Waals surface area contributed by atoms with Gasteiger partial charge in [0.25, 0.3) is 0 Å². The summed E-state index contributed by atoms with van der Waals surface area (Å²) in [4.78, 5) is 2.78. The highest BCUT2D eigenvalue weighted by Gasteiger charge is 2.37. The predicted molar refractivity (Wildman–Crippen MR) is 78.4 cm³/mol. The van der Waals surface area contributed by atoms with Gasteiger partial charge in [0.2, 0.25) is 0 Å². The van der Waals surface area contributed by atoms with Crippen LogP contribution in [0.5, 0.6) is 0 Å². The average Bonchev–Trinajstić information content (AvgIpc) is 3.07. The molecular weight excluding hydrogens is 236 g/mol. The number of nitrogens with one attached hydrogen (secondary N) is 1. The van der Waals surface area contributed by atoms with Crippen molar-refractivity contribution in [2.24, 2.45) is 5.92 Å². The van der Waals surface area contributed by atoms with Crippen LogP contribution in [-0.2, 0) is 4.74 Å². The molecule has 0 spiro atoms. The van der Waals surface area contributed by atoms with Crippen LogP contribution in [0, 0.1) is 5.92 Å². The van der Waals surface area contributed by atoms with Crippen LogP contribution in [0.15, 0.2) is 0 Å². The molecule has 3 nitrogen and oxygen atoms in total. The zero-order valence-corrected chi connectivity index (χ0v) is 12.4. The molecule has 3 rings (SSSR count). The molecule has 0 aromatic carbocycles. The Morgan fingerprint density at radius 2 is 2.05 bits per heavy atom. The van der Waals surface area contributed by atoms with Crippen LogP contribution in [0.2, 0.25) is 0 Å². The van der Waals surface area contributed by atoms with Gasteiger partial charge in [0, 0.05) is 31.8 Å². The molecule has 1 aliphatic carbocycles. The maximum atomic E-state index is 5.67. The van der Waals surface area contributed by atoms with Crippen molar-refractivity contribution in [1.82, 2.24) is 10.2 Å². The highest BCUT2D eigenvalue weighted by molar-refractivity contribution is 4.92. The lowest BCUT2D eigenvalue weighted by Gasteiger charge is -2.35. The highest BCUT2D eigenvalue weighted by atomic mass is 16.5. The van der Waals surface area contributed by atoms with Crippen molar-refractivity contribution in [2.45, 2.75) is 70.1 Å². The fourth-order valence-corrected chi connectivity index (χ4v) is 4.37. The number of rotatable bonds is 5. The van der Waals surface area contributed by atoms with Crippen molar-refractivity contribution in [3.63, 3.8) is 0 Å². The quantitative estimate of drug-likeness (QED) is 0.827. The van der Waals surface area contributed by atoms with Crippen molar-refractivity contribution in [3.8, 4) is 0 Å². The first-order valence-electron chi connectivity index (χ1n) is 8.42. The molecule has 110 valence electrons. The molecular formula is C16H30N2O. The molecule has 0 aromatic heterocycles. The van der Waals surface area contributed by atoms with Gasteiger partial charge in [0.15, 0.2) is 0 Å². The Morgan fingerprint density at radius 3 is 2.89 bits per heavy atom. The molecule has 3 fully saturated rings. The molecule has 2 aliphatic heterocycles. The first-order valence-corrected chi connectivity index (χ1v) is 8.42. The summed E-state index contributed by atoms with van der Waals surface area (Å²) in [5.74, 6) is 1.01. The number of nitrogens with zero attached hydrogens (tertiary/aromatic N) is 1. The van der Waals surface area contributed by atoms with E-state index in [2.05, 4.69) is 17.1 Å². The van der Waals surface area contributed by atoms with Crippen LogP contribution in [0.1, 0.15) is 51.9 Å². The predicted octanol–water partition coefficient (Wildman–Crippen LogP) is 2.41. The summed E-state index contributed by atoms with van der Waals surface area (Å²) >= 11 is 0. The third kappa shape index (κ3) is 3.32. The van der Waals surface area contributed by atoms with E-state index in [1.165, 1.54) is 51.5 Å². The molecule has 0 aromatic rings. The Balaban J connectivity index is 1.40. The van der Waals surface area contributed by atoms with Crippen molar-refractivity contribution in [3.05, 3.63) is 0 Å². The zero-order chi connectivity index (χ0) is 13.1. The van der Waals surface area contributed by atoms with Gasteiger partial charge in [-0.1, -0.05) is 12.8 Å². The third-order valence-corrected chi connectivity index (χ3v) is 5.45. The van der Waals surface area contributed by atoms with Crippen LogP contribution in [-0.4, -0.2) is 49.3 Å². The fourth-order valence-electron chi connectivity index (χ4n) is 4.37. The lowest BCUT2D eigenvalue weighted by molar-refractivity contribution is 0.103. The first kappa shape index (κ1) is 13.8. The number of likely N-dealkylation sites (tertiary alicyclic amines) is 1. The van der Waals surface area contributed by atoms with E-state index in [-0.39, 0.29) is 0 Å². The van der Waals surface area contributed by atoms with Gasteiger partial charge >= 0.3 is 0 Å². The van der Waals surface area contributed by atoms with Gasteiger partial charge in [-0.2, -0.15) is 0 Å². The van der Waals surface area contributed by atoms with Crippen molar-refractivity contribution >= 4 is 0 Å². The van der Waals surface area contributed by atoms with E-state index in [1.54, 1.807) is 0 Å².